The minimum Gasteiger partial charge on any atom is -0.267 e. The minimum absolute atomic E-state index is 0.282. The summed E-state index contributed by atoms with van der Waals surface area (Å²) >= 11 is 5.81. The Bertz CT molecular complexity index is 273. The molecule has 0 aliphatic carbocycles. The molecule has 0 saturated heterocycles. The van der Waals surface area contributed by atoms with Gasteiger partial charge >= 0.3 is 0 Å². The fourth-order valence-electron chi connectivity index (χ4n) is 0.967. The molecular weight excluding hydrogens is 148 g/mol. The SMILES string of the molecule is Cl[C@H]1N=CC=C2C=CN=C21. The van der Waals surface area contributed by atoms with E-state index >= 15 is 0 Å². The zero-order valence-corrected chi connectivity index (χ0v) is 5.92. The lowest BCUT2D eigenvalue weighted by Crippen LogP contribution is -2.15. The Morgan fingerprint density at radius 1 is 1.50 bits per heavy atom. The Kier molecular flexibility index (Phi) is 1.21. The zero-order chi connectivity index (χ0) is 6.97. The molecule has 0 aromatic heterocycles. The quantitative estimate of drug-likeness (QED) is 0.372. The highest BCUT2D eigenvalue weighted by Gasteiger charge is 2.18. The molecule has 0 spiro atoms. The Balaban J connectivity index is 2.45. The van der Waals surface area contributed by atoms with Crippen LogP contribution in [0.15, 0.2) is 33.9 Å². The highest BCUT2D eigenvalue weighted by Crippen LogP contribution is 2.18. The molecule has 0 aromatic rings. The van der Waals surface area contributed by atoms with Crippen molar-refractivity contribution in [2.45, 2.75) is 5.50 Å². The van der Waals surface area contributed by atoms with E-state index in [1.165, 1.54) is 0 Å². The van der Waals surface area contributed by atoms with E-state index in [2.05, 4.69) is 9.98 Å². The van der Waals surface area contributed by atoms with Crippen LogP contribution in [0.4, 0.5) is 0 Å². The van der Waals surface area contributed by atoms with Crippen LogP contribution in [0, 0.1) is 0 Å². The number of aliphatic imine (C=N–C) groups is 2. The number of hydrogen-bond donors (Lipinski definition) is 0. The Morgan fingerprint density at radius 3 is 3.20 bits per heavy atom. The van der Waals surface area contributed by atoms with Gasteiger partial charge < -0.3 is 0 Å². The van der Waals surface area contributed by atoms with E-state index < -0.39 is 0 Å². The van der Waals surface area contributed by atoms with E-state index in [-0.39, 0.29) is 5.50 Å². The summed E-state index contributed by atoms with van der Waals surface area (Å²) in [6.07, 6.45) is 7.28. The zero-order valence-electron chi connectivity index (χ0n) is 5.16. The number of fused-ring (bicyclic) bond motifs is 1. The number of hydrogen-bond acceptors (Lipinski definition) is 2. The van der Waals surface area contributed by atoms with E-state index in [1.807, 2.05) is 12.2 Å². The number of halogens is 1. The van der Waals surface area contributed by atoms with E-state index in [0.29, 0.717) is 0 Å². The minimum atomic E-state index is -0.282. The van der Waals surface area contributed by atoms with Crippen molar-refractivity contribution in [2.75, 3.05) is 0 Å². The normalized spacial score (nSPS) is 27.9. The van der Waals surface area contributed by atoms with Gasteiger partial charge in [-0.05, 0) is 12.2 Å². The van der Waals surface area contributed by atoms with Gasteiger partial charge in [-0.15, -0.1) is 0 Å². The summed E-state index contributed by atoms with van der Waals surface area (Å²) in [5.74, 6) is 0. The van der Waals surface area contributed by atoms with Crippen LogP contribution in [-0.4, -0.2) is 17.4 Å². The molecule has 3 heteroatoms. The van der Waals surface area contributed by atoms with Crippen LogP contribution in [0.1, 0.15) is 0 Å². The van der Waals surface area contributed by atoms with Gasteiger partial charge in [0.05, 0.1) is 5.71 Å². The number of allylic oxidation sites excluding steroid dienone is 2. The lowest BCUT2D eigenvalue weighted by Gasteiger charge is -2.08. The van der Waals surface area contributed by atoms with E-state index in [1.54, 1.807) is 12.4 Å². The number of rotatable bonds is 0. The summed E-state index contributed by atoms with van der Waals surface area (Å²) in [6, 6.07) is 0. The Labute approximate surface area is 63.6 Å². The van der Waals surface area contributed by atoms with Crippen LogP contribution in [0.2, 0.25) is 0 Å². The second-order valence-electron chi connectivity index (χ2n) is 2.09. The Hall–Kier alpha value is -0.890. The smallest absolute Gasteiger partial charge is 0.166 e. The fourth-order valence-corrected chi connectivity index (χ4v) is 1.21. The number of nitrogens with zero attached hydrogens (tertiary/aromatic N) is 2. The van der Waals surface area contributed by atoms with Crippen LogP contribution in [-0.2, 0) is 0 Å². The molecule has 0 fully saturated rings. The third kappa shape index (κ3) is 0.727. The van der Waals surface area contributed by atoms with Gasteiger partial charge in [0.25, 0.3) is 0 Å². The molecule has 50 valence electrons. The maximum absolute atomic E-state index is 5.81. The van der Waals surface area contributed by atoms with E-state index in [0.717, 1.165) is 11.3 Å². The van der Waals surface area contributed by atoms with Crippen molar-refractivity contribution in [3.63, 3.8) is 0 Å². The molecular formula is C7H5ClN2. The van der Waals surface area contributed by atoms with Crippen molar-refractivity contribution in [1.82, 2.24) is 0 Å². The number of alkyl halides is 1. The first-order valence-electron chi connectivity index (χ1n) is 3.00. The first-order valence-corrected chi connectivity index (χ1v) is 3.44. The Morgan fingerprint density at radius 2 is 2.40 bits per heavy atom. The second kappa shape index (κ2) is 2.06. The maximum atomic E-state index is 5.81. The van der Waals surface area contributed by atoms with Gasteiger partial charge in [0, 0.05) is 18.0 Å². The van der Waals surface area contributed by atoms with Gasteiger partial charge in [-0.2, -0.15) is 0 Å². The summed E-state index contributed by atoms with van der Waals surface area (Å²) < 4.78 is 0. The standard InChI is InChI=1S/C7H5ClN2/c8-7-6-5(1-3-9-6)2-4-10-7/h1-4,7H/t7-/m0/s1. The third-order valence-electron chi connectivity index (χ3n) is 1.46. The van der Waals surface area contributed by atoms with Crippen LogP contribution in [0.25, 0.3) is 0 Å². The molecule has 2 rings (SSSR count). The monoisotopic (exact) mass is 152 g/mol. The average Bonchev–Trinajstić information content (AvgIpc) is 2.36. The molecule has 0 unspecified atom stereocenters. The first-order chi connectivity index (χ1) is 4.88. The average molecular weight is 153 g/mol. The molecule has 2 nitrogen and oxygen atoms in total. The molecule has 0 radical (unpaired) electrons. The molecule has 0 amide bonds. The molecule has 2 aliphatic heterocycles. The predicted octanol–water partition coefficient (Wildman–Crippen LogP) is 1.53. The fraction of sp³-hybridized carbons (Fsp3) is 0.143. The molecule has 0 aromatic carbocycles. The van der Waals surface area contributed by atoms with Crippen LogP contribution >= 0.6 is 11.6 Å². The number of dihydropyridines is 1. The summed E-state index contributed by atoms with van der Waals surface area (Å²) in [7, 11) is 0. The summed E-state index contributed by atoms with van der Waals surface area (Å²) in [6.45, 7) is 0. The largest absolute Gasteiger partial charge is 0.267 e. The molecule has 0 N–H and O–H groups in total. The van der Waals surface area contributed by atoms with Crippen molar-refractivity contribution < 1.29 is 0 Å². The van der Waals surface area contributed by atoms with Gasteiger partial charge in [0.2, 0.25) is 0 Å². The van der Waals surface area contributed by atoms with Gasteiger partial charge in [-0.1, -0.05) is 11.6 Å². The van der Waals surface area contributed by atoms with Crippen molar-refractivity contribution in [3.8, 4) is 0 Å². The molecule has 1 atom stereocenters. The van der Waals surface area contributed by atoms with Crippen LogP contribution in [0.3, 0.4) is 0 Å². The van der Waals surface area contributed by atoms with Crippen molar-refractivity contribution in [3.05, 3.63) is 23.9 Å². The highest BCUT2D eigenvalue weighted by atomic mass is 35.5. The van der Waals surface area contributed by atoms with Crippen molar-refractivity contribution in [2.24, 2.45) is 9.98 Å². The van der Waals surface area contributed by atoms with Crippen LogP contribution < -0.4 is 0 Å². The predicted molar refractivity (Wildman–Crippen MR) is 42.8 cm³/mol. The van der Waals surface area contributed by atoms with Gasteiger partial charge in [0.1, 0.15) is 0 Å². The van der Waals surface area contributed by atoms with Crippen molar-refractivity contribution >= 4 is 23.5 Å². The molecule has 2 heterocycles. The van der Waals surface area contributed by atoms with Crippen LogP contribution in [0.5, 0.6) is 0 Å². The van der Waals surface area contributed by atoms with Crippen molar-refractivity contribution in [1.29, 1.82) is 0 Å². The lowest BCUT2D eigenvalue weighted by atomic mass is 10.1. The summed E-state index contributed by atoms with van der Waals surface area (Å²) in [5.41, 5.74) is 1.66. The summed E-state index contributed by atoms with van der Waals surface area (Å²) in [4.78, 5) is 8.03. The first kappa shape index (κ1) is 5.86. The van der Waals surface area contributed by atoms with Gasteiger partial charge in [-0.25, -0.2) is 0 Å². The van der Waals surface area contributed by atoms with E-state index in [4.69, 9.17) is 11.6 Å². The highest BCUT2D eigenvalue weighted by molar-refractivity contribution is 6.37. The lowest BCUT2D eigenvalue weighted by molar-refractivity contribution is 1.20. The van der Waals surface area contributed by atoms with Gasteiger partial charge in [0.15, 0.2) is 5.50 Å². The summed E-state index contributed by atoms with van der Waals surface area (Å²) in [5, 5.41) is 0. The van der Waals surface area contributed by atoms with E-state index in [9.17, 15) is 0 Å². The third-order valence-corrected chi connectivity index (χ3v) is 1.78. The molecule has 0 saturated carbocycles. The maximum Gasteiger partial charge on any atom is 0.166 e. The molecule has 0 bridgehead atoms. The van der Waals surface area contributed by atoms with Gasteiger partial charge in [-0.3, -0.25) is 9.98 Å². The molecule has 2 aliphatic rings. The topological polar surface area (TPSA) is 24.7 Å². The molecule has 10 heavy (non-hydrogen) atoms. The second-order valence-corrected chi connectivity index (χ2v) is 2.50.